The Bertz CT molecular complexity index is 648. The summed E-state index contributed by atoms with van der Waals surface area (Å²) in [7, 11) is -3.18. The molecule has 2 rings (SSSR count). The van der Waals surface area contributed by atoms with Crippen LogP contribution in [0.2, 0.25) is 0 Å². The van der Waals surface area contributed by atoms with Crippen LogP contribution in [0.4, 0.5) is 4.39 Å². The Kier molecular flexibility index (Phi) is 3.67. The minimum absolute atomic E-state index is 0.0231. The van der Waals surface area contributed by atoms with Crippen LogP contribution in [0.1, 0.15) is 17.9 Å². The van der Waals surface area contributed by atoms with Crippen molar-refractivity contribution in [2.45, 2.75) is 12.3 Å². The van der Waals surface area contributed by atoms with Gasteiger partial charge in [-0.05, 0) is 24.1 Å². The zero-order valence-corrected chi connectivity index (χ0v) is 10.9. The number of nitriles is 1. The molecule has 1 aliphatic heterocycles. The van der Waals surface area contributed by atoms with E-state index in [9.17, 15) is 17.6 Å². The number of rotatable bonds is 3. The molecule has 0 radical (unpaired) electrons. The second-order valence-electron chi connectivity index (χ2n) is 4.62. The van der Waals surface area contributed by atoms with Crippen LogP contribution >= 0.6 is 0 Å². The molecule has 6 heteroatoms. The molecule has 1 saturated heterocycles. The monoisotopic (exact) mass is 281 g/mol. The molecular formula is C13H12FNO3S. The largest absolute Gasteiger partial charge is 0.297 e. The van der Waals surface area contributed by atoms with Gasteiger partial charge < -0.3 is 0 Å². The van der Waals surface area contributed by atoms with Crippen LogP contribution in [-0.2, 0) is 14.6 Å². The molecule has 4 nitrogen and oxygen atoms in total. The van der Waals surface area contributed by atoms with E-state index in [1.165, 1.54) is 18.2 Å². The van der Waals surface area contributed by atoms with Crippen molar-refractivity contribution < 1.29 is 17.6 Å². The van der Waals surface area contributed by atoms with Gasteiger partial charge in [0, 0.05) is 5.92 Å². The number of carbonyl (C=O) groups excluding carboxylic acids is 1. The predicted molar refractivity (Wildman–Crippen MR) is 66.5 cm³/mol. The molecule has 0 aromatic heterocycles. The Morgan fingerprint density at radius 2 is 2.21 bits per heavy atom. The van der Waals surface area contributed by atoms with Gasteiger partial charge in [-0.3, -0.25) is 4.79 Å². The fourth-order valence-electron chi connectivity index (χ4n) is 2.24. The summed E-state index contributed by atoms with van der Waals surface area (Å²) in [5.41, 5.74) is 0.275. The third-order valence-electron chi connectivity index (χ3n) is 3.23. The molecule has 0 spiro atoms. The van der Waals surface area contributed by atoms with E-state index in [0.29, 0.717) is 0 Å². The van der Waals surface area contributed by atoms with Crippen LogP contribution in [0.3, 0.4) is 0 Å². The SMILES string of the molecule is N#CC(C(=O)C1CCS(=O)(=O)C1)c1cccc(F)c1. The highest BCUT2D eigenvalue weighted by molar-refractivity contribution is 7.91. The number of hydrogen-bond acceptors (Lipinski definition) is 4. The molecule has 1 aliphatic rings. The van der Waals surface area contributed by atoms with E-state index < -0.39 is 33.3 Å². The molecular weight excluding hydrogens is 269 g/mol. The van der Waals surface area contributed by atoms with Gasteiger partial charge in [0.1, 0.15) is 11.7 Å². The average molecular weight is 281 g/mol. The highest BCUT2D eigenvalue weighted by Crippen LogP contribution is 2.27. The van der Waals surface area contributed by atoms with Gasteiger partial charge in [0.25, 0.3) is 0 Å². The van der Waals surface area contributed by atoms with Crippen LogP contribution in [-0.4, -0.2) is 25.7 Å². The number of carbonyl (C=O) groups is 1. The molecule has 100 valence electrons. The Labute approximate surface area is 110 Å². The molecule has 0 bridgehead atoms. The van der Waals surface area contributed by atoms with Gasteiger partial charge in [-0.1, -0.05) is 12.1 Å². The molecule has 1 fully saturated rings. The lowest BCUT2D eigenvalue weighted by atomic mass is 9.88. The minimum Gasteiger partial charge on any atom is -0.297 e. The third-order valence-corrected chi connectivity index (χ3v) is 5.00. The van der Waals surface area contributed by atoms with Crippen LogP contribution in [0.5, 0.6) is 0 Å². The van der Waals surface area contributed by atoms with Crippen molar-refractivity contribution in [3.8, 4) is 6.07 Å². The van der Waals surface area contributed by atoms with Gasteiger partial charge in [-0.15, -0.1) is 0 Å². The van der Waals surface area contributed by atoms with Crippen molar-refractivity contribution in [3.63, 3.8) is 0 Å². The lowest BCUT2D eigenvalue weighted by Crippen LogP contribution is -2.22. The molecule has 0 saturated carbocycles. The van der Waals surface area contributed by atoms with Crippen molar-refractivity contribution in [2.75, 3.05) is 11.5 Å². The summed E-state index contributed by atoms with van der Waals surface area (Å²) in [6, 6.07) is 7.12. The molecule has 1 aromatic rings. The highest BCUT2D eigenvalue weighted by Gasteiger charge is 2.36. The van der Waals surface area contributed by atoms with E-state index in [1.807, 2.05) is 6.07 Å². The Morgan fingerprint density at radius 1 is 1.47 bits per heavy atom. The fourth-order valence-corrected chi connectivity index (χ4v) is 4.00. The smallest absolute Gasteiger partial charge is 0.158 e. The zero-order valence-electron chi connectivity index (χ0n) is 10.0. The van der Waals surface area contributed by atoms with Crippen LogP contribution < -0.4 is 0 Å². The molecule has 2 unspecified atom stereocenters. The second kappa shape index (κ2) is 5.10. The molecule has 1 heterocycles. The first kappa shape index (κ1) is 13.7. The van der Waals surface area contributed by atoms with Gasteiger partial charge in [0.2, 0.25) is 0 Å². The lowest BCUT2D eigenvalue weighted by molar-refractivity contribution is -0.122. The fraction of sp³-hybridized carbons (Fsp3) is 0.385. The summed E-state index contributed by atoms with van der Waals surface area (Å²) in [5.74, 6) is -2.95. The van der Waals surface area contributed by atoms with Gasteiger partial charge in [-0.25, -0.2) is 12.8 Å². The maximum absolute atomic E-state index is 13.1. The summed E-state index contributed by atoms with van der Waals surface area (Å²) in [4.78, 5) is 12.2. The number of nitrogens with zero attached hydrogens (tertiary/aromatic N) is 1. The topological polar surface area (TPSA) is 75.0 Å². The van der Waals surface area contributed by atoms with Crippen molar-refractivity contribution in [2.24, 2.45) is 5.92 Å². The van der Waals surface area contributed by atoms with Gasteiger partial charge in [0.15, 0.2) is 15.6 Å². The first-order chi connectivity index (χ1) is 8.93. The lowest BCUT2D eigenvalue weighted by Gasteiger charge is -2.12. The van der Waals surface area contributed by atoms with E-state index in [1.54, 1.807) is 0 Å². The summed E-state index contributed by atoms with van der Waals surface area (Å²) in [5, 5.41) is 9.09. The first-order valence-electron chi connectivity index (χ1n) is 5.82. The highest BCUT2D eigenvalue weighted by atomic mass is 32.2. The molecule has 0 N–H and O–H groups in total. The standard InChI is InChI=1S/C13H12FNO3S/c14-11-3-1-2-9(6-11)12(7-15)13(16)10-4-5-19(17,18)8-10/h1-3,6,10,12H,4-5,8H2. The maximum atomic E-state index is 13.1. The van der Waals surface area contributed by atoms with Crippen molar-refractivity contribution in [1.82, 2.24) is 0 Å². The number of sulfone groups is 1. The van der Waals surface area contributed by atoms with Crippen molar-refractivity contribution >= 4 is 15.6 Å². The average Bonchev–Trinajstić information content (AvgIpc) is 2.71. The summed E-state index contributed by atoms with van der Waals surface area (Å²) < 4.78 is 35.8. The number of halogens is 1. The molecule has 0 aliphatic carbocycles. The van der Waals surface area contributed by atoms with Crippen molar-refractivity contribution in [1.29, 1.82) is 5.26 Å². The molecule has 0 amide bonds. The van der Waals surface area contributed by atoms with Gasteiger partial charge in [-0.2, -0.15) is 5.26 Å². The Balaban J connectivity index is 2.24. The number of Topliss-reactive ketones (excluding diaryl/α,β-unsaturated/α-hetero) is 1. The second-order valence-corrected chi connectivity index (χ2v) is 6.85. The molecule has 1 aromatic carbocycles. The van der Waals surface area contributed by atoms with Gasteiger partial charge >= 0.3 is 0 Å². The number of hydrogen-bond donors (Lipinski definition) is 0. The Morgan fingerprint density at radius 3 is 2.74 bits per heavy atom. The maximum Gasteiger partial charge on any atom is 0.158 e. The van der Waals surface area contributed by atoms with E-state index in [0.717, 1.165) is 6.07 Å². The van der Waals surface area contributed by atoms with Crippen LogP contribution in [0.25, 0.3) is 0 Å². The van der Waals surface area contributed by atoms with Crippen LogP contribution in [0.15, 0.2) is 24.3 Å². The minimum atomic E-state index is -3.18. The van der Waals surface area contributed by atoms with Gasteiger partial charge in [0.05, 0.1) is 17.6 Å². The van der Waals surface area contributed by atoms with Crippen LogP contribution in [0, 0.1) is 23.1 Å². The first-order valence-corrected chi connectivity index (χ1v) is 7.64. The number of ketones is 1. The van der Waals surface area contributed by atoms with E-state index in [-0.39, 0.29) is 23.5 Å². The summed E-state index contributed by atoms with van der Waals surface area (Å²) in [6.45, 7) is 0. The molecule has 19 heavy (non-hydrogen) atoms. The molecule has 2 atom stereocenters. The van der Waals surface area contributed by atoms with E-state index >= 15 is 0 Å². The zero-order chi connectivity index (χ0) is 14.0. The summed E-state index contributed by atoms with van der Waals surface area (Å²) >= 11 is 0. The van der Waals surface area contributed by atoms with E-state index in [2.05, 4.69) is 0 Å². The Hall–Kier alpha value is -1.74. The quantitative estimate of drug-likeness (QED) is 0.840. The normalized spacial score (nSPS) is 22.6. The summed E-state index contributed by atoms with van der Waals surface area (Å²) in [6.07, 6.45) is 0.245. The third kappa shape index (κ3) is 2.99. The number of benzene rings is 1. The predicted octanol–water partition coefficient (Wildman–Crippen LogP) is 1.44. The van der Waals surface area contributed by atoms with Crippen molar-refractivity contribution in [3.05, 3.63) is 35.6 Å². The van der Waals surface area contributed by atoms with E-state index in [4.69, 9.17) is 5.26 Å².